The van der Waals surface area contributed by atoms with Crippen molar-refractivity contribution in [1.82, 2.24) is 0 Å². The minimum absolute atomic E-state index is 0. The van der Waals surface area contributed by atoms with Gasteiger partial charge in [-0.25, -0.2) is 9.59 Å². The maximum atomic E-state index is 11.0. The van der Waals surface area contributed by atoms with Crippen LogP contribution < -0.4 is 0 Å². The molecule has 0 heterocycles. The van der Waals surface area contributed by atoms with Crippen molar-refractivity contribution in [2.75, 3.05) is 52.9 Å². The van der Waals surface area contributed by atoms with Crippen LogP contribution >= 0.6 is 0 Å². The first-order chi connectivity index (χ1) is 24.3. The predicted molar refractivity (Wildman–Crippen MR) is 192 cm³/mol. The van der Waals surface area contributed by atoms with Crippen molar-refractivity contribution in [3.8, 4) is 0 Å². The molecule has 0 rings (SSSR count). The second kappa shape index (κ2) is 38.0. The van der Waals surface area contributed by atoms with E-state index in [1.807, 2.05) is 0 Å². The number of hydrogen-bond donors (Lipinski definition) is 10. The molecule has 0 saturated carbocycles. The summed E-state index contributed by atoms with van der Waals surface area (Å²) in [6.45, 7) is 6.52. The van der Waals surface area contributed by atoms with E-state index in [4.69, 9.17) is 60.5 Å². The van der Waals surface area contributed by atoms with E-state index in [2.05, 4.69) is 13.2 Å². The molecule has 0 bridgehead atoms. The standard InChI is InChI=1S/2C9H16O5.2C8H14O4.K.H/c2*1-7(2)8(13)14-6-9(3-10,4-11)5-12;2*9-7(10)5-3-1-2-4-6-8(11)12;;/h2*10-12H,1,3-6H2,2H3;2*1-6H2,(H,9,10)(H,11,12);;. The van der Waals surface area contributed by atoms with Crippen LogP contribution in [0.15, 0.2) is 24.3 Å². The Balaban J connectivity index is -0.000000193. The fourth-order valence-corrected chi connectivity index (χ4v) is 3.07. The minimum atomic E-state index is -1.18. The van der Waals surface area contributed by atoms with Gasteiger partial charge in [-0.2, -0.15) is 0 Å². The number of aliphatic hydroxyl groups is 6. The van der Waals surface area contributed by atoms with Gasteiger partial charge in [-0.3, -0.25) is 19.2 Å². The Bertz CT molecular complexity index is 920. The van der Waals surface area contributed by atoms with Crippen LogP contribution in [0.4, 0.5) is 0 Å². The van der Waals surface area contributed by atoms with E-state index in [1.165, 1.54) is 13.8 Å². The number of carboxylic acid groups (broad SMARTS) is 4. The topological polar surface area (TPSA) is 323 Å². The molecule has 0 aliphatic rings. The number of carboxylic acids is 4. The zero-order chi connectivity index (χ0) is 41.2. The summed E-state index contributed by atoms with van der Waals surface area (Å²) in [4.78, 5) is 62.1. The average Bonchev–Trinajstić information content (AvgIpc) is 3.09. The molecule has 0 radical (unpaired) electrons. The van der Waals surface area contributed by atoms with Crippen molar-refractivity contribution in [1.29, 1.82) is 0 Å². The van der Waals surface area contributed by atoms with Gasteiger partial charge in [-0.1, -0.05) is 38.8 Å². The molecular weight excluding hydrogens is 735 g/mol. The molecule has 0 aromatic rings. The van der Waals surface area contributed by atoms with Gasteiger partial charge in [-0.05, 0) is 39.5 Å². The first-order valence-electron chi connectivity index (χ1n) is 16.5. The number of rotatable bonds is 26. The summed E-state index contributed by atoms with van der Waals surface area (Å²) in [5, 5.41) is 86.4. The molecule has 53 heavy (non-hydrogen) atoms. The van der Waals surface area contributed by atoms with Gasteiger partial charge in [0.05, 0.1) is 50.5 Å². The molecule has 0 aliphatic heterocycles. The Kier molecular flexibility index (Phi) is 43.0. The van der Waals surface area contributed by atoms with Crippen molar-refractivity contribution in [3.05, 3.63) is 24.3 Å². The fraction of sp³-hybridized carbons (Fsp3) is 0.706. The van der Waals surface area contributed by atoms with Crippen LogP contribution in [0.3, 0.4) is 0 Å². The third-order valence-electron chi connectivity index (χ3n) is 6.79. The molecule has 0 aromatic heterocycles. The SMILES string of the molecule is C=C(C)C(=O)OCC(CO)(CO)CO.C=C(C)C(=O)OCC(CO)(CO)CO.O=C(O)CCCCCCC(=O)O.O=C(O)CCCCCCC(=O)O.[KH]. The van der Waals surface area contributed by atoms with Crippen LogP contribution in [-0.2, 0) is 38.2 Å². The third-order valence-corrected chi connectivity index (χ3v) is 6.79. The van der Waals surface area contributed by atoms with Crippen molar-refractivity contribution < 1.29 is 89.3 Å². The molecule has 0 spiro atoms. The number of esters is 2. The maximum absolute atomic E-state index is 11.0. The molecule has 10 N–H and O–H groups in total. The summed E-state index contributed by atoms with van der Waals surface area (Å²) in [6.07, 6.45) is 6.56. The second-order valence-corrected chi connectivity index (χ2v) is 12.1. The number of ether oxygens (including phenoxy) is 2. The van der Waals surface area contributed by atoms with Crippen LogP contribution in [0.25, 0.3) is 0 Å². The van der Waals surface area contributed by atoms with Gasteiger partial charge in [0.1, 0.15) is 13.2 Å². The van der Waals surface area contributed by atoms with Crippen LogP contribution in [0.5, 0.6) is 0 Å². The molecule has 0 atom stereocenters. The van der Waals surface area contributed by atoms with Gasteiger partial charge in [0.25, 0.3) is 0 Å². The zero-order valence-corrected chi connectivity index (χ0v) is 30.3. The van der Waals surface area contributed by atoms with Gasteiger partial charge in [0.15, 0.2) is 0 Å². The molecule has 0 saturated heterocycles. The summed E-state index contributed by atoms with van der Waals surface area (Å²) in [6, 6.07) is 0. The monoisotopic (exact) mass is 796 g/mol. The summed E-state index contributed by atoms with van der Waals surface area (Å²) in [5.74, 6) is -4.35. The summed E-state index contributed by atoms with van der Waals surface area (Å²) in [7, 11) is 0. The third kappa shape index (κ3) is 39.2. The van der Waals surface area contributed by atoms with Crippen LogP contribution in [-0.4, -0.2) is 191 Å². The fourth-order valence-electron chi connectivity index (χ4n) is 3.07. The van der Waals surface area contributed by atoms with Crippen LogP contribution in [0.1, 0.15) is 90.9 Å². The van der Waals surface area contributed by atoms with Crippen molar-refractivity contribution in [2.45, 2.75) is 90.9 Å². The Morgan fingerprint density at radius 1 is 0.434 bits per heavy atom. The van der Waals surface area contributed by atoms with Crippen molar-refractivity contribution >= 4 is 87.2 Å². The number of unbranched alkanes of at least 4 members (excludes halogenated alkanes) is 6. The molecule has 0 aromatic carbocycles. The quantitative estimate of drug-likeness (QED) is 0.0246. The van der Waals surface area contributed by atoms with Gasteiger partial charge in [0, 0.05) is 36.8 Å². The number of carbonyl (C=O) groups is 6. The summed E-state index contributed by atoms with van der Waals surface area (Å²) in [5.41, 5.74) is -1.89. The zero-order valence-electron chi connectivity index (χ0n) is 30.3. The van der Waals surface area contributed by atoms with Gasteiger partial charge >= 0.3 is 87.2 Å². The Morgan fingerprint density at radius 3 is 0.755 bits per heavy atom. The number of aliphatic carboxylic acids is 4. The number of hydrogen-bond acceptors (Lipinski definition) is 14. The van der Waals surface area contributed by atoms with Crippen LogP contribution in [0.2, 0.25) is 0 Å². The molecule has 18 nitrogen and oxygen atoms in total. The van der Waals surface area contributed by atoms with E-state index in [-0.39, 0.29) is 101 Å². The normalized spacial score (nSPS) is 10.3. The van der Waals surface area contributed by atoms with E-state index < -0.39 is 86.3 Å². The molecule has 0 unspecified atom stereocenters. The first kappa shape index (κ1) is 60.0. The first-order valence-corrected chi connectivity index (χ1v) is 16.5. The average molecular weight is 797 g/mol. The number of aliphatic hydroxyl groups excluding tert-OH is 6. The van der Waals surface area contributed by atoms with E-state index in [0.29, 0.717) is 25.7 Å². The van der Waals surface area contributed by atoms with Gasteiger partial charge in [-0.15, -0.1) is 0 Å². The van der Waals surface area contributed by atoms with Gasteiger partial charge < -0.3 is 60.5 Å². The van der Waals surface area contributed by atoms with E-state index in [1.54, 1.807) is 0 Å². The van der Waals surface area contributed by atoms with E-state index in [9.17, 15) is 28.8 Å². The Hall–Kier alpha value is -2.30. The van der Waals surface area contributed by atoms with E-state index >= 15 is 0 Å². The predicted octanol–water partition coefficient (Wildman–Crippen LogP) is 0.482. The van der Waals surface area contributed by atoms with E-state index in [0.717, 1.165) is 25.7 Å². The second-order valence-electron chi connectivity index (χ2n) is 12.1. The molecule has 0 amide bonds. The van der Waals surface area contributed by atoms with Gasteiger partial charge in [0.2, 0.25) is 0 Å². The van der Waals surface area contributed by atoms with Crippen molar-refractivity contribution in [2.24, 2.45) is 10.8 Å². The molecule has 0 aliphatic carbocycles. The molecule has 0 fully saturated rings. The Morgan fingerprint density at radius 2 is 0.623 bits per heavy atom. The summed E-state index contributed by atoms with van der Waals surface area (Å²) < 4.78 is 9.45. The molecular formula is C34H61KO18. The number of carbonyl (C=O) groups excluding carboxylic acids is 2. The van der Waals surface area contributed by atoms with Crippen LogP contribution in [0, 0.1) is 10.8 Å². The molecule has 306 valence electrons. The molecule has 19 heteroatoms. The van der Waals surface area contributed by atoms with Crippen molar-refractivity contribution in [3.63, 3.8) is 0 Å². The summed E-state index contributed by atoms with van der Waals surface area (Å²) >= 11 is 0. The Labute approximate surface area is 352 Å².